The van der Waals surface area contributed by atoms with E-state index in [1.807, 2.05) is 58.0 Å². The zero-order chi connectivity index (χ0) is 22.7. The van der Waals surface area contributed by atoms with E-state index in [9.17, 15) is 4.79 Å². The Bertz CT molecular complexity index is 641. The highest BCUT2D eigenvalue weighted by molar-refractivity contribution is 5.99. The monoisotopic (exact) mass is 398 g/mol. The number of hydrogen-bond donors (Lipinski definition) is 0. The van der Waals surface area contributed by atoms with Crippen molar-refractivity contribution in [3.05, 3.63) is 47.5 Å². The van der Waals surface area contributed by atoms with Crippen LogP contribution in [0.1, 0.15) is 122 Å². The number of carbonyl (C=O) groups excluding carboxylic acids is 1. The van der Waals surface area contributed by atoms with Crippen LogP contribution in [0.5, 0.6) is 0 Å². The van der Waals surface area contributed by atoms with Crippen molar-refractivity contribution in [2.45, 2.75) is 101 Å². The topological polar surface area (TPSA) is 17.1 Å². The molecular weight excluding hydrogens is 352 g/mol. The molecule has 1 aromatic carbocycles. The van der Waals surface area contributed by atoms with Gasteiger partial charge in [-0.1, -0.05) is 96.9 Å². The molecule has 1 atom stereocenters. The molecule has 1 aromatic rings. The van der Waals surface area contributed by atoms with E-state index in [4.69, 9.17) is 0 Å². The summed E-state index contributed by atoms with van der Waals surface area (Å²) in [4.78, 5) is 11.5. The molecule has 1 heteroatoms. The first kappa shape index (κ1) is 27.4. The smallest absolute Gasteiger partial charge is 0.160 e. The lowest BCUT2D eigenvalue weighted by molar-refractivity contribution is 0.0904. The van der Waals surface area contributed by atoms with E-state index in [2.05, 4.69) is 34.3 Å². The molecule has 0 aromatic heterocycles. The van der Waals surface area contributed by atoms with Gasteiger partial charge in [0.15, 0.2) is 5.78 Å². The number of carbonyl (C=O) groups is 1. The van der Waals surface area contributed by atoms with Crippen molar-refractivity contribution in [3.8, 4) is 0 Å². The summed E-state index contributed by atoms with van der Waals surface area (Å²) in [6.07, 6.45) is 12.5. The van der Waals surface area contributed by atoms with Crippen molar-refractivity contribution in [1.82, 2.24) is 0 Å². The fourth-order valence-corrected chi connectivity index (χ4v) is 4.73. The van der Waals surface area contributed by atoms with Crippen LogP contribution in [0.25, 0.3) is 11.6 Å². The molecule has 0 amide bonds. The van der Waals surface area contributed by atoms with E-state index in [-0.39, 0.29) is 5.78 Å². The summed E-state index contributed by atoms with van der Waals surface area (Å²) >= 11 is 0. The minimum atomic E-state index is 0.0891. The average Bonchev–Trinajstić information content (AvgIpc) is 2.63. The van der Waals surface area contributed by atoms with Crippen LogP contribution in [-0.4, -0.2) is 5.78 Å². The molecule has 1 saturated carbocycles. The van der Waals surface area contributed by atoms with Crippen molar-refractivity contribution >= 4 is 17.4 Å². The molecule has 29 heavy (non-hydrogen) atoms. The van der Waals surface area contributed by atoms with Crippen molar-refractivity contribution in [2.75, 3.05) is 0 Å². The highest BCUT2D eigenvalue weighted by Gasteiger charge is 2.35. The molecule has 0 radical (unpaired) electrons. The molecule has 1 nitrogen and oxygen atoms in total. The predicted octanol–water partition coefficient (Wildman–Crippen LogP) is 9.37. The summed E-state index contributed by atoms with van der Waals surface area (Å²) in [6.45, 7) is 23.1. The van der Waals surface area contributed by atoms with Gasteiger partial charge in [-0.15, -0.1) is 0 Å². The van der Waals surface area contributed by atoms with Gasteiger partial charge in [-0.3, -0.25) is 4.79 Å². The quantitative estimate of drug-likeness (QED) is 0.451. The summed E-state index contributed by atoms with van der Waals surface area (Å²) in [5, 5.41) is 0. The zero-order valence-electron chi connectivity index (χ0n) is 20.7. The maximum atomic E-state index is 11.5. The van der Waals surface area contributed by atoms with Crippen molar-refractivity contribution in [1.29, 1.82) is 0 Å². The number of hydrogen-bond acceptors (Lipinski definition) is 1. The maximum Gasteiger partial charge on any atom is 0.160 e. The Balaban J connectivity index is 0.000000508. The van der Waals surface area contributed by atoms with Crippen LogP contribution in [-0.2, 0) is 0 Å². The predicted molar refractivity (Wildman–Crippen MR) is 132 cm³/mol. The van der Waals surface area contributed by atoms with Crippen LogP contribution in [0, 0.1) is 10.8 Å². The van der Waals surface area contributed by atoms with E-state index >= 15 is 0 Å². The maximum absolute atomic E-state index is 11.5. The van der Waals surface area contributed by atoms with Gasteiger partial charge in [0.25, 0.3) is 0 Å². The van der Waals surface area contributed by atoms with E-state index in [1.54, 1.807) is 6.92 Å². The van der Waals surface area contributed by atoms with Gasteiger partial charge >= 0.3 is 0 Å². The van der Waals surface area contributed by atoms with Crippen LogP contribution in [0.4, 0.5) is 0 Å². The highest BCUT2D eigenvalue weighted by Crippen LogP contribution is 2.48. The molecule has 164 valence electrons. The van der Waals surface area contributed by atoms with Gasteiger partial charge in [-0.05, 0) is 68.4 Å². The molecule has 1 unspecified atom stereocenters. The van der Waals surface area contributed by atoms with Crippen LogP contribution in [0.3, 0.4) is 0 Å². The van der Waals surface area contributed by atoms with E-state index in [0.717, 1.165) is 22.3 Å². The summed E-state index contributed by atoms with van der Waals surface area (Å²) in [5.41, 5.74) is 5.03. The van der Waals surface area contributed by atoms with Crippen molar-refractivity contribution < 1.29 is 4.79 Å². The molecule has 0 bridgehead atoms. The van der Waals surface area contributed by atoms with Gasteiger partial charge in [0.2, 0.25) is 0 Å². The Labute approximate surface area is 181 Å². The fourth-order valence-electron chi connectivity index (χ4n) is 4.73. The van der Waals surface area contributed by atoms with Crippen molar-refractivity contribution in [3.63, 3.8) is 0 Å². The van der Waals surface area contributed by atoms with Crippen LogP contribution in [0.15, 0.2) is 30.9 Å². The highest BCUT2D eigenvalue weighted by atomic mass is 16.1. The lowest BCUT2D eigenvalue weighted by atomic mass is 9.63. The summed E-state index contributed by atoms with van der Waals surface area (Å²) < 4.78 is 0. The molecule has 1 fully saturated rings. The Hall–Kier alpha value is -1.63. The second kappa shape index (κ2) is 12.8. The normalized spacial score (nSPS) is 20.2. The molecule has 2 rings (SSSR count). The van der Waals surface area contributed by atoms with E-state index < -0.39 is 0 Å². The molecule has 1 aliphatic carbocycles. The molecule has 0 spiro atoms. The first-order valence-corrected chi connectivity index (χ1v) is 11.5. The lowest BCUT2D eigenvalue weighted by Gasteiger charge is -2.43. The van der Waals surface area contributed by atoms with Gasteiger partial charge in [0.05, 0.1) is 0 Å². The molecule has 0 saturated heterocycles. The number of rotatable bonds is 5. The summed E-state index contributed by atoms with van der Waals surface area (Å²) in [7, 11) is 0. The number of allylic oxidation sites excluding steroid dienone is 2. The van der Waals surface area contributed by atoms with Crippen LogP contribution in [0.2, 0.25) is 0 Å². The van der Waals surface area contributed by atoms with Gasteiger partial charge in [-0.25, -0.2) is 0 Å². The molecule has 0 heterocycles. The van der Waals surface area contributed by atoms with Crippen LogP contribution < -0.4 is 0 Å². The molecule has 1 aliphatic rings. The second-order valence-electron chi connectivity index (χ2n) is 9.36. The summed E-state index contributed by atoms with van der Waals surface area (Å²) in [5.74, 6) is 0.0891. The standard InChI is InChI=1S/C14H16O.C12H24.C2H6/c1-5-7-14-12(10(2)3)8-6-9-13(14)11(4)15;1-5-7-12(4)9-6-8-11(2,3)10-12;1-2/h5-9H,2H2,1,3-4H3;5-10H2,1-4H3;1-2H3/b7-5-;;. The Morgan fingerprint density at radius 2 is 1.69 bits per heavy atom. The number of ketones is 1. The Morgan fingerprint density at radius 1 is 1.10 bits per heavy atom. The van der Waals surface area contributed by atoms with Gasteiger partial charge in [-0.2, -0.15) is 0 Å². The molecule has 0 aliphatic heterocycles. The number of Topliss-reactive ketones (excluding diaryl/α,β-unsaturated/α-hetero) is 1. The Morgan fingerprint density at radius 3 is 2.14 bits per heavy atom. The average molecular weight is 399 g/mol. The minimum absolute atomic E-state index is 0.0891. The first-order chi connectivity index (χ1) is 13.5. The SMILES string of the molecule is C=C(C)c1cccc(C(C)=O)c1/C=C\C.CC.CCCC1(C)CCCC(C)(C)C1. The van der Waals surface area contributed by atoms with Gasteiger partial charge in [0.1, 0.15) is 0 Å². The zero-order valence-corrected chi connectivity index (χ0v) is 20.7. The van der Waals surface area contributed by atoms with Gasteiger partial charge in [0, 0.05) is 5.56 Å². The third kappa shape index (κ3) is 9.15. The largest absolute Gasteiger partial charge is 0.294 e. The van der Waals surface area contributed by atoms with E-state index in [0.29, 0.717) is 10.8 Å². The third-order valence-corrected chi connectivity index (χ3v) is 5.67. The summed E-state index contributed by atoms with van der Waals surface area (Å²) in [6, 6.07) is 5.74. The minimum Gasteiger partial charge on any atom is -0.294 e. The van der Waals surface area contributed by atoms with Crippen LogP contribution >= 0.6 is 0 Å². The first-order valence-electron chi connectivity index (χ1n) is 11.5. The number of benzene rings is 1. The fraction of sp³-hybridized carbons (Fsp3) is 0.607. The second-order valence-corrected chi connectivity index (χ2v) is 9.36. The lowest BCUT2D eigenvalue weighted by Crippen LogP contribution is -2.30. The van der Waals surface area contributed by atoms with Gasteiger partial charge < -0.3 is 0 Å². The van der Waals surface area contributed by atoms with E-state index in [1.165, 1.54) is 38.5 Å². The van der Waals surface area contributed by atoms with Crippen molar-refractivity contribution in [2.24, 2.45) is 10.8 Å². The molecular formula is C28H46O. The Kier molecular flexibility index (Phi) is 12.1. The third-order valence-electron chi connectivity index (χ3n) is 5.67. The molecule has 0 N–H and O–H groups in total.